The first-order valence-electron chi connectivity index (χ1n) is 8.59. The number of aliphatic hydroxyl groups is 1. The van der Waals surface area contributed by atoms with Gasteiger partial charge in [0, 0.05) is 12.5 Å². The summed E-state index contributed by atoms with van der Waals surface area (Å²) in [6.45, 7) is 1.07. The lowest BCUT2D eigenvalue weighted by molar-refractivity contribution is -0.132. The molecule has 0 saturated carbocycles. The summed E-state index contributed by atoms with van der Waals surface area (Å²) < 4.78 is 38.6. The number of methoxy groups -OCH3 is 1. The number of hydrogen-bond acceptors (Lipinski definition) is 8. The predicted molar refractivity (Wildman–Crippen MR) is 106 cm³/mol. The maximum Gasteiger partial charge on any atom is 0.308 e. The normalized spacial score (nSPS) is 14.4. The monoisotopic (exact) mass is 417 g/mol. The number of aliphatic hydroxyl groups excluding tert-OH is 1. The van der Waals surface area contributed by atoms with E-state index < -0.39 is 16.0 Å². The van der Waals surface area contributed by atoms with Crippen molar-refractivity contribution in [3.8, 4) is 11.5 Å². The second-order valence-corrected chi connectivity index (χ2v) is 7.55. The van der Waals surface area contributed by atoms with Gasteiger partial charge in [0.15, 0.2) is 17.3 Å². The van der Waals surface area contributed by atoms with Crippen molar-refractivity contribution in [2.75, 3.05) is 20.3 Å². The molecule has 0 radical (unpaired) electrons. The molecule has 0 atom stereocenters. The third-order valence-electron chi connectivity index (χ3n) is 3.96. The van der Waals surface area contributed by atoms with Crippen LogP contribution in [-0.4, -0.2) is 56.8 Å². The number of amidine groups is 1. The summed E-state index contributed by atoms with van der Waals surface area (Å²) in [5.41, 5.74) is 1.02. The van der Waals surface area contributed by atoms with Gasteiger partial charge in [-0.1, -0.05) is 12.1 Å². The van der Waals surface area contributed by atoms with Crippen molar-refractivity contribution in [2.45, 2.75) is 11.8 Å². The van der Waals surface area contributed by atoms with Crippen LogP contribution in [0.5, 0.6) is 11.5 Å². The lowest BCUT2D eigenvalue weighted by Crippen LogP contribution is -2.28. The SMILES string of the molecule is COc1cc(C=NN(CCO)C2=NS(=O)(=O)c3ccccc32)ccc1OC(C)=O. The molecule has 0 unspecified atom stereocenters. The molecule has 1 aliphatic rings. The fraction of sp³-hybridized carbons (Fsp3) is 0.211. The number of ether oxygens (including phenoxy) is 2. The Bertz CT molecular complexity index is 1090. The molecule has 0 saturated heterocycles. The minimum absolute atomic E-state index is 0.0435. The minimum atomic E-state index is -3.81. The van der Waals surface area contributed by atoms with E-state index >= 15 is 0 Å². The van der Waals surface area contributed by atoms with Crippen LogP contribution in [0, 0.1) is 0 Å². The first-order chi connectivity index (χ1) is 13.9. The molecule has 1 aliphatic heterocycles. The van der Waals surface area contributed by atoms with Crippen molar-refractivity contribution in [1.29, 1.82) is 0 Å². The van der Waals surface area contributed by atoms with Crippen LogP contribution in [0.15, 0.2) is 56.9 Å². The molecule has 0 aromatic heterocycles. The third kappa shape index (κ3) is 4.44. The predicted octanol–water partition coefficient (Wildman–Crippen LogP) is 1.40. The van der Waals surface area contributed by atoms with Crippen LogP contribution in [-0.2, 0) is 14.8 Å². The molecule has 9 nitrogen and oxygen atoms in total. The van der Waals surface area contributed by atoms with Crippen LogP contribution in [0.1, 0.15) is 18.1 Å². The second kappa shape index (κ2) is 8.41. The van der Waals surface area contributed by atoms with Crippen LogP contribution in [0.4, 0.5) is 0 Å². The summed E-state index contributed by atoms with van der Waals surface area (Å²) in [4.78, 5) is 11.3. The van der Waals surface area contributed by atoms with Gasteiger partial charge < -0.3 is 14.6 Å². The topological polar surface area (TPSA) is 118 Å². The second-order valence-electron chi connectivity index (χ2n) is 5.98. The molecule has 0 aliphatic carbocycles. The number of nitrogens with zero attached hydrogens (tertiary/aromatic N) is 3. The molecule has 3 rings (SSSR count). The highest BCUT2D eigenvalue weighted by atomic mass is 32.2. The number of esters is 1. The molecule has 10 heteroatoms. The summed E-state index contributed by atoms with van der Waals surface area (Å²) in [7, 11) is -2.37. The van der Waals surface area contributed by atoms with E-state index in [0.29, 0.717) is 16.9 Å². The van der Waals surface area contributed by atoms with Gasteiger partial charge in [-0.3, -0.25) is 4.79 Å². The van der Waals surface area contributed by atoms with Gasteiger partial charge in [0.25, 0.3) is 10.0 Å². The fourth-order valence-electron chi connectivity index (χ4n) is 2.73. The highest BCUT2D eigenvalue weighted by molar-refractivity contribution is 7.90. The quantitative estimate of drug-likeness (QED) is 0.327. The Morgan fingerprint density at radius 3 is 2.69 bits per heavy atom. The summed E-state index contributed by atoms with van der Waals surface area (Å²) in [5.74, 6) is 0.265. The highest BCUT2D eigenvalue weighted by Gasteiger charge is 2.31. The molecule has 0 spiro atoms. The largest absolute Gasteiger partial charge is 0.493 e. The Hall–Kier alpha value is -3.24. The number of benzene rings is 2. The molecule has 152 valence electrons. The maximum atomic E-state index is 12.3. The van der Waals surface area contributed by atoms with Crippen LogP contribution in [0.3, 0.4) is 0 Å². The molecule has 1 N–H and O–H groups in total. The van der Waals surface area contributed by atoms with E-state index in [1.165, 1.54) is 31.3 Å². The highest BCUT2D eigenvalue weighted by Crippen LogP contribution is 2.29. The van der Waals surface area contributed by atoms with Gasteiger partial charge in [-0.15, -0.1) is 4.40 Å². The van der Waals surface area contributed by atoms with Gasteiger partial charge in [-0.25, -0.2) is 5.01 Å². The molecule has 0 fully saturated rings. The minimum Gasteiger partial charge on any atom is -0.493 e. The first kappa shape index (κ1) is 20.5. The molecule has 1 heterocycles. The standard InChI is InChI=1S/C19H19N3O6S/c1-13(24)28-16-8-7-14(11-17(16)27-2)12-20-22(9-10-23)19-15-5-3-4-6-18(15)29(25,26)21-19/h3-8,11-12,23H,9-10H2,1-2H3. The molecule has 2 aromatic carbocycles. The van der Waals surface area contributed by atoms with Gasteiger partial charge in [-0.05, 0) is 35.9 Å². The van der Waals surface area contributed by atoms with E-state index in [1.54, 1.807) is 36.4 Å². The molecule has 2 aromatic rings. The smallest absolute Gasteiger partial charge is 0.308 e. The van der Waals surface area contributed by atoms with E-state index in [9.17, 15) is 18.3 Å². The van der Waals surface area contributed by atoms with Crippen LogP contribution in [0.25, 0.3) is 0 Å². The van der Waals surface area contributed by atoms with Gasteiger partial charge in [0.05, 0.1) is 26.5 Å². The Labute approximate surface area is 168 Å². The van der Waals surface area contributed by atoms with Crippen molar-refractivity contribution in [3.63, 3.8) is 0 Å². The zero-order chi connectivity index (χ0) is 21.0. The molecule has 0 bridgehead atoms. The third-order valence-corrected chi connectivity index (χ3v) is 5.28. The zero-order valence-electron chi connectivity index (χ0n) is 15.8. The summed E-state index contributed by atoms with van der Waals surface area (Å²) in [5, 5.41) is 15.0. The Morgan fingerprint density at radius 1 is 1.24 bits per heavy atom. The molecule has 0 amide bonds. The van der Waals surface area contributed by atoms with Crippen molar-refractivity contribution in [2.24, 2.45) is 9.50 Å². The van der Waals surface area contributed by atoms with Gasteiger partial charge >= 0.3 is 5.97 Å². The maximum absolute atomic E-state index is 12.3. The molecular weight excluding hydrogens is 398 g/mol. The Kier molecular flexibility index (Phi) is 5.95. The number of fused-ring (bicyclic) bond motifs is 1. The number of hydrogen-bond donors (Lipinski definition) is 1. The number of sulfonamides is 1. The number of carbonyl (C=O) groups is 1. The van der Waals surface area contributed by atoms with E-state index in [0.717, 1.165) is 0 Å². The lowest BCUT2D eigenvalue weighted by Gasteiger charge is -2.17. The summed E-state index contributed by atoms with van der Waals surface area (Å²) in [6.07, 6.45) is 1.46. The summed E-state index contributed by atoms with van der Waals surface area (Å²) in [6, 6.07) is 11.3. The van der Waals surface area contributed by atoms with Gasteiger partial charge in [0.2, 0.25) is 0 Å². The fourth-order valence-corrected chi connectivity index (χ4v) is 3.93. The van der Waals surface area contributed by atoms with Crippen LogP contribution < -0.4 is 9.47 Å². The Morgan fingerprint density at radius 2 is 2.00 bits per heavy atom. The zero-order valence-corrected chi connectivity index (χ0v) is 16.6. The average Bonchev–Trinajstić information content (AvgIpc) is 2.97. The number of carbonyl (C=O) groups excluding carboxylic acids is 1. The first-order valence-corrected chi connectivity index (χ1v) is 10.0. The van der Waals surface area contributed by atoms with Crippen LogP contribution >= 0.6 is 0 Å². The van der Waals surface area contributed by atoms with Crippen molar-refractivity contribution < 1.29 is 27.8 Å². The van der Waals surface area contributed by atoms with Crippen molar-refractivity contribution in [1.82, 2.24) is 5.01 Å². The van der Waals surface area contributed by atoms with Gasteiger partial charge in [-0.2, -0.15) is 13.5 Å². The van der Waals surface area contributed by atoms with E-state index in [-0.39, 0.29) is 29.6 Å². The van der Waals surface area contributed by atoms with E-state index in [1.807, 2.05) is 0 Å². The number of hydrazone groups is 1. The Balaban J connectivity index is 1.92. The molecule has 29 heavy (non-hydrogen) atoms. The average molecular weight is 417 g/mol. The van der Waals surface area contributed by atoms with Gasteiger partial charge in [0.1, 0.15) is 4.90 Å². The molecular formula is C19H19N3O6S. The van der Waals surface area contributed by atoms with E-state index in [2.05, 4.69) is 9.50 Å². The van der Waals surface area contributed by atoms with Crippen molar-refractivity contribution in [3.05, 3.63) is 53.6 Å². The number of rotatable bonds is 6. The van der Waals surface area contributed by atoms with Crippen LogP contribution in [0.2, 0.25) is 0 Å². The summed E-state index contributed by atoms with van der Waals surface area (Å²) >= 11 is 0. The van der Waals surface area contributed by atoms with E-state index in [4.69, 9.17) is 9.47 Å². The lowest BCUT2D eigenvalue weighted by atomic mass is 10.2. The van der Waals surface area contributed by atoms with Crippen molar-refractivity contribution >= 4 is 28.0 Å².